The normalized spacial score (nSPS) is 11.1. The molecule has 0 spiro atoms. The maximum absolute atomic E-state index is 13.6. The lowest BCUT2D eigenvalue weighted by Gasteiger charge is -2.07. The number of hydrogen-bond donors (Lipinski definition) is 1. The number of hydrogen-bond acceptors (Lipinski definition) is 4. The van der Waals surface area contributed by atoms with Gasteiger partial charge < -0.3 is 14.4 Å². The zero-order valence-electron chi connectivity index (χ0n) is 15.9. The number of benzene rings is 2. The van der Waals surface area contributed by atoms with Crippen LogP contribution in [-0.2, 0) is 19.6 Å². The lowest BCUT2D eigenvalue weighted by atomic mass is 10.1. The summed E-state index contributed by atoms with van der Waals surface area (Å²) in [7, 11) is 1.62. The molecule has 7 heteroatoms. The first kappa shape index (κ1) is 18.9. The van der Waals surface area contributed by atoms with Gasteiger partial charge in [0.05, 0.1) is 19.4 Å². The molecule has 0 unspecified atom stereocenters. The number of halogens is 1. The van der Waals surface area contributed by atoms with E-state index in [1.54, 1.807) is 36.2 Å². The molecule has 6 nitrogen and oxygen atoms in total. The van der Waals surface area contributed by atoms with E-state index in [9.17, 15) is 14.3 Å². The van der Waals surface area contributed by atoms with E-state index < -0.39 is 5.82 Å². The van der Waals surface area contributed by atoms with Gasteiger partial charge in [0.15, 0.2) is 0 Å². The topological polar surface area (TPSA) is 68.8 Å². The van der Waals surface area contributed by atoms with Crippen molar-refractivity contribution in [3.63, 3.8) is 0 Å². The largest absolute Gasteiger partial charge is 0.497 e. The van der Waals surface area contributed by atoms with E-state index in [0.29, 0.717) is 35.3 Å². The Morgan fingerprint density at radius 1 is 1.14 bits per heavy atom. The lowest BCUT2D eigenvalue weighted by molar-refractivity contribution is 0.283. The van der Waals surface area contributed by atoms with Gasteiger partial charge in [-0.3, -0.25) is 4.79 Å². The van der Waals surface area contributed by atoms with Crippen LogP contribution < -0.4 is 10.3 Å². The second-order valence-electron chi connectivity index (χ2n) is 6.68. The number of fused-ring (bicyclic) bond motifs is 1. The van der Waals surface area contributed by atoms with Crippen LogP contribution in [0.3, 0.4) is 0 Å². The summed E-state index contributed by atoms with van der Waals surface area (Å²) in [6, 6.07) is 13.6. The molecule has 0 fully saturated rings. The van der Waals surface area contributed by atoms with Gasteiger partial charge in [-0.15, -0.1) is 0 Å². The highest BCUT2D eigenvalue weighted by Crippen LogP contribution is 2.25. The molecular weight excluding hydrogens is 373 g/mol. The van der Waals surface area contributed by atoms with E-state index in [2.05, 4.69) is 5.10 Å². The van der Waals surface area contributed by atoms with Crippen LogP contribution in [0.5, 0.6) is 5.75 Å². The highest BCUT2D eigenvalue weighted by Gasteiger charge is 2.18. The van der Waals surface area contributed by atoms with Crippen molar-refractivity contribution in [2.75, 3.05) is 7.11 Å². The third kappa shape index (κ3) is 3.64. The number of nitrogens with zero attached hydrogens (tertiary/aromatic N) is 3. The number of rotatable bonds is 6. The zero-order valence-corrected chi connectivity index (χ0v) is 15.9. The second-order valence-corrected chi connectivity index (χ2v) is 6.68. The smallest absolute Gasteiger partial charge is 0.276 e. The van der Waals surface area contributed by atoms with Crippen molar-refractivity contribution in [1.82, 2.24) is 14.2 Å². The predicted octanol–water partition coefficient (Wildman–Crippen LogP) is 3.05. The van der Waals surface area contributed by atoms with Gasteiger partial charge in [-0.25, -0.2) is 8.91 Å². The molecule has 0 atom stereocenters. The molecule has 0 radical (unpaired) electrons. The van der Waals surface area contributed by atoms with Crippen LogP contribution in [0.1, 0.15) is 11.1 Å². The zero-order chi connectivity index (χ0) is 20.4. The van der Waals surface area contributed by atoms with Crippen LogP contribution in [0.25, 0.3) is 16.8 Å². The second kappa shape index (κ2) is 7.89. The molecule has 0 aliphatic carbocycles. The van der Waals surface area contributed by atoms with Gasteiger partial charge in [0.2, 0.25) is 0 Å². The summed E-state index contributed by atoms with van der Waals surface area (Å²) < 4.78 is 21.8. The third-order valence-corrected chi connectivity index (χ3v) is 4.92. The first-order chi connectivity index (χ1) is 14.1. The summed E-state index contributed by atoms with van der Waals surface area (Å²) in [5, 5.41) is 14.3. The maximum Gasteiger partial charge on any atom is 0.276 e. The molecule has 0 saturated heterocycles. The first-order valence-corrected chi connectivity index (χ1v) is 9.21. The van der Waals surface area contributed by atoms with E-state index in [-0.39, 0.29) is 12.2 Å². The minimum atomic E-state index is -0.402. The van der Waals surface area contributed by atoms with E-state index in [1.165, 1.54) is 16.6 Å². The van der Waals surface area contributed by atoms with Gasteiger partial charge in [-0.05, 0) is 36.2 Å². The van der Waals surface area contributed by atoms with Crippen LogP contribution in [0.2, 0.25) is 0 Å². The fourth-order valence-corrected chi connectivity index (χ4v) is 3.39. The average Bonchev–Trinajstić information content (AvgIpc) is 3.13. The highest BCUT2D eigenvalue weighted by atomic mass is 19.1. The molecule has 0 aliphatic heterocycles. The highest BCUT2D eigenvalue weighted by molar-refractivity contribution is 5.72. The molecular formula is C22H20FN3O3. The van der Waals surface area contributed by atoms with E-state index in [0.717, 1.165) is 11.3 Å². The van der Waals surface area contributed by atoms with Crippen molar-refractivity contribution < 1.29 is 14.2 Å². The Hall–Kier alpha value is -3.45. The summed E-state index contributed by atoms with van der Waals surface area (Å²) in [6.07, 6.45) is 4.01. The Morgan fingerprint density at radius 3 is 2.62 bits per heavy atom. The number of methoxy groups -OCH3 is 1. The molecule has 2 aromatic carbocycles. The Kier molecular flexibility index (Phi) is 5.14. The molecule has 2 heterocycles. The molecule has 1 N–H and O–H groups in total. The molecule has 0 amide bonds. The van der Waals surface area contributed by atoms with Crippen molar-refractivity contribution in [3.05, 3.63) is 88.2 Å². The summed E-state index contributed by atoms with van der Waals surface area (Å²) in [5.74, 6) is 0.379. The standard InChI is InChI=1S/C22H20FN3O3/c1-29-18-7-5-15(6-8-18)9-10-25-11-12-26-21(22(25)28)19(14-27)20(24-26)16-3-2-4-17(23)13-16/h2-8,11-13,27H,9-10,14H2,1H3. The summed E-state index contributed by atoms with van der Waals surface area (Å²) in [4.78, 5) is 13.0. The van der Waals surface area contributed by atoms with Gasteiger partial charge >= 0.3 is 0 Å². The van der Waals surface area contributed by atoms with E-state index >= 15 is 0 Å². The van der Waals surface area contributed by atoms with Crippen molar-refractivity contribution in [2.24, 2.45) is 0 Å². The van der Waals surface area contributed by atoms with Crippen molar-refractivity contribution in [1.29, 1.82) is 0 Å². The van der Waals surface area contributed by atoms with Crippen molar-refractivity contribution in [2.45, 2.75) is 19.6 Å². The molecule has 4 aromatic rings. The van der Waals surface area contributed by atoms with E-state index in [1.807, 2.05) is 24.3 Å². The molecule has 148 valence electrons. The number of ether oxygens (including phenoxy) is 1. The number of aliphatic hydroxyl groups is 1. The van der Waals surface area contributed by atoms with Crippen LogP contribution in [-0.4, -0.2) is 26.4 Å². The van der Waals surface area contributed by atoms with Crippen molar-refractivity contribution in [3.8, 4) is 17.0 Å². The van der Waals surface area contributed by atoms with Crippen LogP contribution in [0.4, 0.5) is 4.39 Å². The average molecular weight is 393 g/mol. The minimum Gasteiger partial charge on any atom is -0.497 e. The Balaban J connectivity index is 1.70. The van der Waals surface area contributed by atoms with Gasteiger partial charge in [0.1, 0.15) is 17.1 Å². The molecule has 4 rings (SSSR count). The van der Waals surface area contributed by atoms with Gasteiger partial charge in [-0.1, -0.05) is 24.3 Å². The molecule has 0 saturated carbocycles. The van der Waals surface area contributed by atoms with Crippen LogP contribution >= 0.6 is 0 Å². The quantitative estimate of drug-likeness (QED) is 0.547. The van der Waals surface area contributed by atoms with Gasteiger partial charge in [0.25, 0.3) is 5.56 Å². The van der Waals surface area contributed by atoms with Gasteiger partial charge in [0, 0.05) is 30.1 Å². The SMILES string of the molecule is COc1ccc(CCn2ccn3nc(-c4cccc(F)c4)c(CO)c3c2=O)cc1. The Labute approximate surface area is 166 Å². The first-order valence-electron chi connectivity index (χ1n) is 9.21. The van der Waals surface area contributed by atoms with E-state index in [4.69, 9.17) is 4.74 Å². The summed E-state index contributed by atoms with van der Waals surface area (Å²) >= 11 is 0. The summed E-state index contributed by atoms with van der Waals surface area (Å²) in [6.45, 7) is 0.111. The van der Waals surface area contributed by atoms with Gasteiger partial charge in [-0.2, -0.15) is 5.10 Å². The lowest BCUT2D eigenvalue weighted by Crippen LogP contribution is -2.23. The van der Waals surface area contributed by atoms with Crippen LogP contribution in [0.15, 0.2) is 65.7 Å². The molecule has 29 heavy (non-hydrogen) atoms. The Bertz CT molecular complexity index is 1210. The number of aliphatic hydroxyl groups excluding tert-OH is 1. The Morgan fingerprint density at radius 2 is 1.93 bits per heavy atom. The summed E-state index contributed by atoms with van der Waals surface area (Å²) in [5.41, 5.74) is 2.43. The minimum absolute atomic E-state index is 0.250. The number of aryl methyl sites for hydroxylation is 2. The predicted molar refractivity (Wildman–Crippen MR) is 107 cm³/mol. The number of aromatic nitrogens is 3. The molecule has 2 aromatic heterocycles. The third-order valence-electron chi connectivity index (χ3n) is 4.92. The maximum atomic E-state index is 13.6. The molecule has 0 bridgehead atoms. The fraction of sp³-hybridized carbons (Fsp3) is 0.182. The van der Waals surface area contributed by atoms with Crippen molar-refractivity contribution >= 4 is 5.52 Å². The fourth-order valence-electron chi connectivity index (χ4n) is 3.39. The van der Waals surface area contributed by atoms with Crippen LogP contribution in [0, 0.1) is 5.82 Å². The monoisotopic (exact) mass is 393 g/mol. The molecule has 0 aliphatic rings.